The molecule has 0 radical (unpaired) electrons. The van der Waals surface area contributed by atoms with Gasteiger partial charge in [0.2, 0.25) is 4.96 Å². The zero-order chi connectivity index (χ0) is 13.4. The molecule has 1 N–H and O–H groups in total. The first-order chi connectivity index (χ1) is 9.15. The molecule has 0 saturated heterocycles. The highest BCUT2D eigenvalue weighted by Crippen LogP contribution is 2.31. The number of aliphatic carboxylic acids is 1. The van der Waals surface area contributed by atoms with Gasteiger partial charge in [0.25, 0.3) is 0 Å². The summed E-state index contributed by atoms with van der Waals surface area (Å²) in [6.07, 6.45) is 1.41. The molecular weight excluding hydrogens is 286 g/mol. The number of hydrogen-bond donors (Lipinski definition) is 1. The highest BCUT2D eigenvalue weighted by Gasteiger charge is 2.17. The Bertz CT molecular complexity index is 748. The van der Waals surface area contributed by atoms with E-state index in [1.54, 1.807) is 16.6 Å². The van der Waals surface area contributed by atoms with Crippen molar-refractivity contribution in [2.45, 2.75) is 6.42 Å². The predicted octanol–water partition coefficient (Wildman–Crippen LogP) is 2.74. The zero-order valence-electron chi connectivity index (χ0n) is 9.58. The van der Waals surface area contributed by atoms with E-state index in [-0.39, 0.29) is 6.42 Å². The lowest BCUT2D eigenvalue weighted by molar-refractivity contribution is -0.136. The first-order valence-electron chi connectivity index (χ1n) is 5.44. The van der Waals surface area contributed by atoms with E-state index >= 15 is 0 Å². The smallest absolute Gasteiger partial charge is 0.308 e. The fourth-order valence-corrected chi connectivity index (χ4v) is 3.05. The van der Waals surface area contributed by atoms with Crippen LogP contribution in [0.3, 0.4) is 0 Å². The Morgan fingerprint density at radius 1 is 1.37 bits per heavy atom. The molecule has 0 saturated carbocycles. The van der Waals surface area contributed by atoms with Crippen LogP contribution in [0.1, 0.15) is 4.88 Å². The Kier molecular flexibility index (Phi) is 2.96. The van der Waals surface area contributed by atoms with Crippen molar-refractivity contribution in [3.63, 3.8) is 0 Å². The second-order valence-corrected chi connectivity index (χ2v) is 5.40. The van der Waals surface area contributed by atoms with E-state index in [0.717, 1.165) is 16.1 Å². The minimum absolute atomic E-state index is 0.0479. The van der Waals surface area contributed by atoms with Gasteiger partial charge in [-0.1, -0.05) is 35.1 Å². The summed E-state index contributed by atoms with van der Waals surface area (Å²) in [6, 6.07) is 7.22. The van der Waals surface area contributed by atoms with Crippen molar-refractivity contribution >= 4 is 33.9 Å². The molecule has 0 amide bonds. The van der Waals surface area contributed by atoms with Crippen LogP contribution in [0, 0.1) is 0 Å². The number of hydrogen-bond acceptors (Lipinski definition) is 4. The van der Waals surface area contributed by atoms with Gasteiger partial charge in [0, 0.05) is 15.5 Å². The number of aromatic nitrogens is 3. The molecule has 0 aliphatic carbocycles. The van der Waals surface area contributed by atoms with Crippen LogP contribution in [0.15, 0.2) is 30.6 Å². The number of nitrogens with zero attached hydrogens (tertiary/aromatic N) is 3. The third-order valence-electron chi connectivity index (χ3n) is 2.64. The first kappa shape index (κ1) is 12.1. The van der Waals surface area contributed by atoms with Gasteiger partial charge in [-0.25, -0.2) is 9.50 Å². The van der Waals surface area contributed by atoms with Gasteiger partial charge in [0.15, 0.2) is 0 Å². The molecule has 0 fully saturated rings. The molecule has 0 bridgehead atoms. The van der Waals surface area contributed by atoms with Crippen molar-refractivity contribution in [1.29, 1.82) is 0 Å². The Morgan fingerprint density at radius 2 is 2.11 bits per heavy atom. The molecule has 5 nitrogen and oxygen atoms in total. The van der Waals surface area contributed by atoms with E-state index in [1.807, 2.05) is 12.1 Å². The number of halogens is 1. The van der Waals surface area contributed by atoms with Gasteiger partial charge in [-0.15, -0.1) is 0 Å². The summed E-state index contributed by atoms with van der Waals surface area (Å²) in [5.74, 6) is -0.875. The van der Waals surface area contributed by atoms with Gasteiger partial charge < -0.3 is 5.11 Å². The van der Waals surface area contributed by atoms with Crippen LogP contribution in [-0.2, 0) is 11.2 Å². The molecule has 0 atom stereocenters. The normalized spacial score (nSPS) is 11.0. The van der Waals surface area contributed by atoms with Gasteiger partial charge in [0.1, 0.15) is 6.33 Å². The van der Waals surface area contributed by atoms with Crippen molar-refractivity contribution in [2.75, 3.05) is 0 Å². The van der Waals surface area contributed by atoms with E-state index < -0.39 is 5.97 Å². The zero-order valence-corrected chi connectivity index (χ0v) is 11.1. The molecule has 0 spiro atoms. The number of rotatable bonds is 3. The standard InChI is InChI=1S/C12H8ClN3O2S/c13-8-3-1-7(2-4-8)11-9(5-10(17)18)19-12-14-6-15-16(11)12/h1-4,6H,5H2,(H,17,18). The molecule has 7 heteroatoms. The van der Waals surface area contributed by atoms with Crippen LogP contribution in [0.25, 0.3) is 16.2 Å². The molecule has 2 aromatic heterocycles. The summed E-state index contributed by atoms with van der Waals surface area (Å²) in [6.45, 7) is 0. The largest absolute Gasteiger partial charge is 0.481 e. The number of fused-ring (bicyclic) bond motifs is 1. The van der Waals surface area contributed by atoms with E-state index in [9.17, 15) is 4.79 Å². The second-order valence-electron chi connectivity index (χ2n) is 3.91. The quantitative estimate of drug-likeness (QED) is 0.806. The lowest BCUT2D eigenvalue weighted by Gasteiger charge is -2.02. The Hall–Kier alpha value is -1.92. The van der Waals surface area contributed by atoms with Crippen LogP contribution in [0.2, 0.25) is 5.02 Å². The maximum absolute atomic E-state index is 10.9. The average molecular weight is 294 g/mol. The molecule has 0 aliphatic rings. The number of carboxylic acids is 1. The van der Waals surface area contributed by atoms with Gasteiger partial charge >= 0.3 is 5.97 Å². The van der Waals surface area contributed by atoms with Crippen molar-refractivity contribution < 1.29 is 9.90 Å². The lowest BCUT2D eigenvalue weighted by atomic mass is 10.1. The van der Waals surface area contributed by atoms with Gasteiger partial charge in [-0.3, -0.25) is 4.79 Å². The Balaban J connectivity index is 2.21. The summed E-state index contributed by atoms with van der Waals surface area (Å²) in [5, 5.41) is 13.7. The molecule has 2 heterocycles. The number of carbonyl (C=O) groups is 1. The summed E-state index contributed by atoms with van der Waals surface area (Å²) in [7, 11) is 0. The van der Waals surface area contributed by atoms with Gasteiger partial charge in [0.05, 0.1) is 12.1 Å². The predicted molar refractivity (Wildman–Crippen MR) is 72.6 cm³/mol. The average Bonchev–Trinajstić information content (AvgIpc) is 2.90. The lowest BCUT2D eigenvalue weighted by Crippen LogP contribution is -2.01. The van der Waals surface area contributed by atoms with E-state index in [4.69, 9.17) is 16.7 Å². The molecule has 1 aromatic carbocycles. The Labute approximate surface area is 117 Å². The molecule has 0 aliphatic heterocycles. The van der Waals surface area contributed by atoms with Crippen molar-refractivity contribution in [2.24, 2.45) is 0 Å². The second kappa shape index (κ2) is 4.64. The third-order valence-corrected chi connectivity index (χ3v) is 3.93. The fourth-order valence-electron chi connectivity index (χ4n) is 1.88. The molecule has 3 rings (SSSR count). The summed E-state index contributed by atoms with van der Waals surface area (Å²) in [4.78, 5) is 16.5. The van der Waals surface area contributed by atoms with Crippen LogP contribution >= 0.6 is 22.9 Å². The van der Waals surface area contributed by atoms with E-state index in [1.165, 1.54) is 17.7 Å². The number of benzene rings is 1. The van der Waals surface area contributed by atoms with E-state index in [0.29, 0.717) is 9.98 Å². The number of carboxylic acid groups (broad SMARTS) is 1. The highest BCUT2D eigenvalue weighted by atomic mass is 35.5. The molecule has 3 aromatic rings. The minimum Gasteiger partial charge on any atom is -0.481 e. The topological polar surface area (TPSA) is 67.5 Å². The van der Waals surface area contributed by atoms with Gasteiger partial charge in [-0.05, 0) is 12.1 Å². The van der Waals surface area contributed by atoms with Crippen molar-refractivity contribution in [3.05, 3.63) is 40.5 Å². The SMILES string of the molecule is O=C(O)Cc1sc2ncnn2c1-c1ccc(Cl)cc1. The highest BCUT2D eigenvalue weighted by molar-refractivity contribution is 7.17. The fraction of sp³-hybridized carbons (Fsp3) is 0.0833. The number of thiazole rings is 1. The molecule has 0 unspecified atom stereocenters. The first-order valence-corrected chi connectivity index (χ1v) is 6.64. The summed E-state index contributed by atoms with van der Waals surface area (Å²) in [5.41, 5.74) is 1.63. The van der Waals surface area contributed by atoms with Crippen molar-refractivity contribution in [1.82, 2.24) is 14.6 Å². The maximum atomic E-state index is 10.9. The van der Waals surface area contributed by atoms with Gasteiger partial charge in [-0.2, -0.15) is 5.10 Å². The van der Waals surface area contributed by atoms with Crippen molar-refractivity contribution in [3.8, 4) is 11.3 Å². The van der Waals surface area contributed by atoms with Crippen LogP contribution in [0.4, 0.5) is 0 Å². The van der Waals surface area contributed by atoms with Crippen LogP contribution in [-0.4, -0.2) is 25.7 Å². The summed E-state index contributed by atoms with van der Waals surface area (Å²) >= 11 is 7.20. The Morgan fingerprint density at radius 3 is 2.79 bits per heavy atom. The van der Waals surface area contributed by atoms with Crippen LogP contribution in [0.5, 0.6) is 0 Å². The van der Waals surface area contributed by atoms with Crippen LogP contribution < -0.4 is 0 Å². The minimum atomic E-state index is -0.875. The summed E-state index contributed by atoms with van der Waals surface area (Å²) < 4.78 is 1.66. The van der Waals surface area contributed by atoms with E-state index in [2.05, 4.69) is 10.1 Å². The molecule has 96 valence electrons. The molecular formula is C12H8ClN3O2S. The monoisotopic (exact) mass is 293 g/mol. The maximum Gasteiger partial charge on any atom is 0.308 e. The molecule has 19 heavy (non-hydrogen) atoms. The third kappa shape index (κ3) is 2.20.